The van der Waals surface area contributed by atoms with Crippen LogP contribution < -0.4 is 20.9 Å². The molecule has 13 heteroatoms. The van der Waals surface area contributed by atoms with E-state index in [1.165, 1.54) is 7.11 Å². The number of hydrogen-bond donors (Lipinski definition) is 2. The lowest BCUT2D eigenvalue weighted by Crippen LogP contribution is -2.35. The fourth-order valence-corrected chi connectivity index (χ4v) is 7.96. The highest BCUT2D eigenvalue weighted by molar-refractivity contribution is 6.39. The summed E-state index contributed by atoms with van der Waals surface area (Å²) < 4.78 is 12.2. The van der Waals surface area contributed by atoms with E-state index in [2.05, 4.69) is 20.5 Å². The maximum absolute atomic E-state index is 13.6. The second-order valence-corrected chi connectivity index (χ2v) is 14.3. The van der Waals surface area contributed by atoms with Crippen molar-refractivity contribution in [2.24, 2.45) is 5.92 Å². The van der Waals surface area contributed by atoms with Gasteiger partial charge in [0.1, 0.15) is 5.65 Å². The maximum atomic E-state index is 13.6. The number of rotatable bonds is 11. The third-order valence-corrected chi connectivity index (χ3v) is 10.9. The molecule has 53 heavy (non-hydrogen) atoms. The Balaban J connectivity index is 1.14. The van der Waals surface area contributed by atoms with E-state index in [1.54, 1.807) is 17.7 Å². The molecular weight excluding hydrogens is 715 g/mol. The topological polar surface area (TPSA) is 127 Å². The number of nitrogens with zero attached hydrogens (tertiary/aromatic N) is 4. The van der Waals surface area contributed by atoms with E-state index in [0.29, 0.717) is 78.4 Å². The number of aromatic nitrogens is 3. The first-order chi connectivity index (χ1) is 25.6. The first-order valence-electron chi connectivity index (χ1n) is 17.6. The van der Waals surface area contributed by atoms with Crippen molar-refractivity contribution < 1.29 is 19.1 Å². The highest BCUT2D eigenvalue weighted by Gasteiger charge is 2.29. The molecule has 5 aromatic rings. The van der Waals surface area contributed by atoms with Crippen LogP contribution in [0.1, 0.15) is 36.1 Å². The fourth-order valence-electron chi connectivity index (χ4n) is 7.30. The molecule has 0 radical (unpaired) electrons. The number of hydrogen-bond acceptors (Lipinski definition) is 9. The van der Waals surface area contributed by atoms with Crippen molar-refractivity contribution in [2.45, 2.75) is 45.3 Å². The van der Waals surface area contributed by atoms with Gasteiger partial charge in [0.15, 0.2) is 0 Å². The maximum Gasteiger partial charge on any atom is 0.310 e. The monoisotopic (exact) mass is 754 g/mol. The summed E-state index contributed by atoms with van der Waals surface area (Å²) in [6.07, 6.45) is 3.71. The Kier molecular flexibility index (Phi) is 10.8. The van der Waals surface area contributed by atoms with Gasteiger partial charge in [0.25, 0.3) is 5.56 Å². The average molecular weight is 756 g/mol. The minimum Gasteiger partial charge on any atom is -0.481 e. The lowest BCUT2D eigenvalue weighted by Gasteiger charge is -2.17. The fraction of sp³-hybridized carbons (Fsp3) is 0.325. The Bertz CT molecular complexity index is 2280. The van der Waals surface area contributed by atoms with Gasteiger partial charge in [0.05, 0.1) is 41.4 Å². The molecule has 2 saturated heterocycles. The van der Waals surface area contributed by atoms with Crippen molar-refractivity contribution in [3.05, 3.63) is 104 Å². The molecule has 2 aliphatic rings. The van der Waals surface area contributed by atoms with Crippen LogP contribution in [0.5, 0.6) is 5.88 Å². The van der Waals surface area contributed by atoms with Gasteiger partial charge in [-0.15, -0.1) is 0 Å². The van der Waals surface area contributed by atoms with Gasteiger partial charge in [0, 0.05) is 78.3 Å². The molecule has 1 amide bonds. The smallest absolute Gasteiger partial charge is 0.310 e. The zero-order valence-electron chi connectivity index (χ0n) is 29.7. The normalized spacial score (nSPS) is 17.3. The number of halogens is 2. The van der Waals surface area contributed by atoms with E-state index in [-0.39, 0.29) is 29.4 Å². The zero-order chi connectivity index (χ0) is 37.2. The molecule has 2 fully saturated rings. The lowest BCUT2D eigenvalue weighted by atomic mass is 9.96. The van der Waals surface area contributed by atoms with Gasteiger partial charge in [0.2, 0.25) is 11.8 Å². The van der Waals surface area contributed by atoms with Gasteiger partial charge in [-0.25, -0.2) is 9.97 Å². The highest BCUT2D eigenvalue weighted by Crippen LogP contribution is 2.42. The van der Waals surface area contributed by atoms with Crippen LogP contribution in [0.2, 0.25) is 10.0 Å². The van der Waals surface area contributed by atoms with Gasteiger partial charge in [-0.05, 0) is 50.1 Å². The lowest BCUT2D eigenvalue weighted by molar-refractivity contribution is -0.145. The predicted octanol–water partition coefficient (Wildman–Crippen LogP) is 6.08. The zero-order valence-corrected chi connectivity index (χ0v) is 31.3. The Morgan fingerprint density at radius 1 is 0.962 bits per heavy atom. The number of pyridine rings is 2. The van der Waals surface area contributed by atoms with Crippen molar-refractivity contribution >= 4 is 40.7 Å². The van der Waals surface area contributed by atoms with Crippen LogP contribution >= 0.6 is 23.2 Å². The largest absolute Gasteiger partial charge is 0.481 e. The van der Waals surface area contributed by atoms with Crippen LogP contribution in [-0.2, 0) is 27.4 Å². The summed E-state index contributed by atoms with van der Waals surface area (Å²) in [6, 6.07) is 19.4. The summed E-state index contributed by atoms with van der Waals surface area (Å²) in [4.78, 5) is 48.7. The van der Waals surface area contributed by atoms with Gasteiger partial charge in [-0.3, -0.25) is 23.7 Å². The molecular formula is C40H40Cl2N6O5. The molecule has 11 nitrogen and oxygen atoms in total. The van der Waals surface area contributed by atoms with Crippen LogP contribution in [0.4, 0.5) is 0 Å². The molecule has 2 aromatic carbocycles. The molecule has 0 aliphatic carbocycles. The number of likely N-dealkylation sites (tertiary alicyclic amines) is 1. The van der Waals surface area contributed by atoms with E-state index >= 15 is 0 Å². The average Bonchev–Trinajstić information content (AvgIpc) is 3.81. The number of aryl methyl sites for hydroxylation is 1. The van der Waals surface area contributed by atoms with E-state index in [1.807, 2.05) is 67.6 Å². The summed E-state index contributed by atoms with van der Waals surface area (Å²) in [7, 11) is 2.99. The van der Waals surface area contributed by atoms with Crippen molar-refractivity contribution in [1.29, 1.82) is 0 Å². The Labute approximate surface area is 317 Å². The van der Waals surface area contributed by atoms with Crippen LogP contribution in [-0.4, -0.2) is 71.0 Å². The van der Waals surface area contributed by atoms with Gasteiger partial charge in [-0.1, -0.05) is 65.7 Å². The molecule has 0 saturated carbocycles. The number of ether oxygens (including phenoxy) is 2. The van der Waals surface area contributed by atoms with Crippen molar-refractivity contribution in [3.8, 4) is 39.4 Å². The number of amides is 1. The summed E-state index contributed by atoms with van der Waals surface area (Å²) in [5.41, 5.74) is 7.00. The summed E-state index contributed by atoms with van der Waals surface area (Å²) in [5.74, 6) is 0.177. The van der Waals surface area contributed by atoms with Crippen molar-refractivity contribution in [3.63, 3.8) is 0 Å². The number of esters is 1. The van der Waals surface area contributed by atoms with E-state index in [9.17, 15) is 14.4 Å². The predicted molar refractivity (Wildman–Crippen MR) is 205 cm³/mol. The summed E-state index contributed by atoms with van der Waals surface area (Å²) in [5, 5.41) is 7.37. The third kappa shape index (κ3) is 7.52. The second-order valence-electron chi connectivity index (χ2n) is 13.5. The van der Waals surface area contributed by atoms with Crippen molar-refractivity contribution in [1.82, 2.24) is 29.9 Å². The molecule has 274 valence electrons. The molecule has 2 atom stereocenters. The summed E-state index contributed by atoms with van der Waals surface area (Å²) in [6.45, 7) is 4.74. The van der Waals surface area contributed by atoms with Crippen molar-refractivity contribution in [2.75, 3.05) is 33.9 Å². The van der Waals surface area contributed by atoms with Gasteiger partial charge in [-0.2, -0.15) is 0 Å². The molecule has 0 spiro atoms. The Morgan fingerprint density at radius 2 is 1.70 bits per heavy atom. The number of benzene rings is 2. The number of carbonyl (C=O) groups is 2. The molecule has 7 rings (SSSR count). The molecule has 0 unspecified atom stereocenters. The van der Waals surface area contributed by atoms with Crippen LogP contribution in [0, 0.1) is 12.8 Å². The number of nitrogens with one attached hydrogen (secondary N) is 2. The minimum absolute atomic E-state index is 0.0909. The molecule has 2 aliphatic heterocycles. The van der Waals surface area contributed by atoms with Gasteiger partial charge >= 0.3 is 5.97 Å². The van der Waals surface area contributed by atoms with Crippen LogP contribution in [0.3, 0.4) is 0 Å². The minimum atomic E-state index is -0.219. The number of fused-ring (bicyclic) bond motifs is 1. The first-order valence-corrected chi connectivity index (χ1v) is 18.3. The molecule has 2 N–H and O–H groups in total. The van der Waals surface area contributed by atoms with E-state index in [4.69, 9.17) is 37.7 Å². The SMILES string of the molecule is COC(=O)[C@@H]1CCN(Cc2cnc3cc(-c4cccc(-c5cccc(-c6ccc(CNC[C@@H]7CCC(=O)N7)c(OC)n6)c5Cl)c4Cl)cc(C)n3c2=O)C1. The molecule has 3 aromatic heterocycles. The summed E-state index contributed by atoms with van der Waals surface area (Å²) >= 11 is 14.3. The van der Waals surface area contributed by atoms with E-state index in [0.717, 1.165) is 45.5 Å². The van der Waals surface area contributed by atoms with Crippen LogP contribution in [0.25, 0.3) is 39.2 Å². The first kappa shape index (κ1) is 36.5. The Morgan fingerprint density at radius 3 is 2.42 bits per heavy atom. The second kappa shape index (κ2) is 15.7. The molecule has 0 bridgehead atoms. The highest BCUT2D eigenvalue weighted by atomic mass is 35.5. The quantitative estimate of drug-likeness (QED) is 0.154. The van der Waals surface area contributed by atoms with Gasteiger partial charge < -0.3 is 20.1 Å². The molecule has 5 heterocycles. The van der Waals surface area contributed by atoms with Crippen LogP contribution in [0.15, 0.2) is 71.7 Å². The van der Waals surface area contributed by atoms with E-state index < -0.39 is 0 Å². The third-order valence-electron chi connectivity index (χ3n) is 10.1. The number of carbonyl (C=O) groups excluding carboxylic acids is 2. The number of methoxy groups -OCH3 is 2. The standard InChI is InChI=1S/C40H40Cl2N6O5/c1-23-16-26(17-34-44-19-27(39(50)48(23)34)22-47-15-14-25(21-47)40(51)53-3)29-6-4-7-30(36(29)41)31-8-5-9-32(37(31)42)33-12-10-24(38(46-33)52-2)18-43-20-28-11-13-35(49)45-28/h4-10,12,16-17,19,25,28,43H,11,13-15,18,20-22H2,1-3H3,(H,45,49)/t25-,28+/m1/s1. The Hall–Kier alpha value is -4.81.